The zero-order valence-electron chi connectivity index (χ0n) is 8.76. The Kier molecular flexibility index (Phi) is 1.93. The summed E-state index contributed by atoms with van der Waals surface area (Å²) in [6, 6.07) is 1.93. The predicted octanol–water partition coefficient (Wildman–Crippen LogP) is 2.66. The number of nitrogens with zero attached hydrogens (tertiary/aromatic N) is 2. The van der Waals surface area contributed by atoms with Crippen molar-refractivity contribution in [1.29, 1.82) is 0 Å². The Labute approximate surface area is 94.2 Å². The topological polar surface area (TPSA) is 37.8 Å². The maximum atomic E-state index is 5.84. The molecule has 2 aliphatic rings. The third kappa shape index (κ3) is 1.41. The van der Waals surface area contributed by atoms with E-state index in [-0.39, 0.29) is 5.54 Å². The molecule has 0 saturated heterocycles. The summed E-state index contributed by atoms with van der Waals surface area (Å²) in [6.45, 7) is 2.28. The van der Waals surface area contributed by atoms with Crippen molar-refractivity contribution in [3.8, 4) is 0 Å². The second-order valence-electron chi connectivity index (χ2n) is 4.89. The summed E-state index contributed by atoms with van der Waals surface area (Å²) >= 11 is 5.84. The van der Waals surface area contributed by atoms with Crippen LogP contribution in [0.15, 0.2) is 6.07 Å². The van der Waals surface area contributed by atoms with Gasteiger partial charge in [-0.3, -0.25) is 0 Å². The number of hydrogen-bond donors (Lipinski definition) is 1. The van der Waals surface area contributed by atoms with Gasteiger partial charge in [-0.1, -0.05) is 18.0 Å². The summed E-state index contributed by atoms with van der Waals surface area (Å²) in [7, 11) is 0. The van der Waals surface area contributed by atoms with E-state index in [0.29, 0.717) is 5.15 Å². The highest BCUT2D eigenvalue weighted by molar-refractivity contribution is 6.29. The number of halogens is 1. The SMILES string of the molecule is CC1(C2CCC2)Cc2cc(Cl)nnc2N1. The van der Waals surface area contributed by atoms with Crippen molar-refractivity contribution in [2.75, 3.05) is 5.32 Å². The Hall–Kier alpha value is -0.830. The molecule has 80 valence electrons. The second kappa shape index (κ2) is 3.08. The maximum absolute atomic E-state index is 5.84. The van der Waals surface area contributed by atoms with E-state index in [9.17, 15) is 0 Å². The van der Waals surface area contributed by atoms with Crippen LogP contribution in [0.5, 0.6) is 0 Å². The first-order chi connectivity index (χ1) is 7.17. The van der Waals surface area contributed by atoms with Crippen molar-refractivity contribution in [1.82, 2.24) is 10.2 Å². The van der Waals surface area contributed by atoms with Crippen LogP contribution < -0.4 is 5.32 Å². The van der Waals surface area contributed by atoms with E-state index < -0.39 is 0 Å². The molecule has 3 nitrogen and oxygen atoms in total. The van der Waals surface area contributed by atoms with Gasteiger partial charge < -0.3 is 5.32 Å². The van der Waals surface area contributed by atoms with E-state index in [2.05, 4.69) is 22.4 Å². The molecule has 3 rings (SSSR count). The van der Waals surface area contributed by atoms with E-state index in [1.54, 1.807) is 0 Å². The summed E-state index contributed by atoms with van der Waals surface area (Å²) in [4.78, 5) is 0. The largest absolute Gasteiger partial charge is 0.363 e. The van der Waals surface area contributed by atoms with Gasteiger partial charge in [-0.05, 0) is 38.2 Å². The highest BCUT2D eigenvalue weighted by atomic mass is 35.5. The minimum absolute atomic E-state index is 0.181. The van der Waals surface area contributed by atoms with Gasteiger partial charge in [0.25, 0.3) is 0 Å². The molecule has 0 spiro atoms. The van der Waals surface area contributed by atoms with Crippen molar-refractivity contribution in [3.63, 3.8) is 0 Å². The smallest absolute Gasteiger partial charge is 0.152 e. The molecular weight excluding hydrogens is 210 g/mol. The Bertz CT molecular complexity index is 403. The molecule has 1 unspecified atom stereocenters. The maximum Gasteiger partial charge on any atom is 0.152 e. The average molecular weight is 224 g/mol. The third-order valence-corrected chi connectivity index (χ3v) is 4.00. The van der Waals surface area contributed by atoms with Crippen LogP contribution in [0.4, 0.5) is 5.82 Å². The minimum Gasteiger partial charge on any atom is -0.363 e. The van der Waals surface area contributed by atoms with E-state index >= 15 is 0 Å². The van der Waals surface area contributed by atoms with Gasteiger partial charge in [0.15, 0.2) is 11.0 Å². The van der Waals surface area contributed by atoms with E-state index in [4.69, 9.17) is 11.6 Å². The predicted molar refractivity (Wildman–Crippen MR) is 60.1 cm³/mol. The van der Waals surface area contributed by atoms with Gasteiger partial charge in [-0.25, -0.2) is 0 Å². The lowest BCUT2D eigenvalue weighted by molar-refractivity contribution is 0.206. The number of rotatable bonds is 1. The fourth-order valence-electron chi connectivity index (χ4n) is 2.65. The van der Waals surface area contributed by atoms with E-state index in [1.165, 1.54) is 24.8 Å². The number of fused-ring (bicyclic) bond motifs is 1. The monoisotopic (exact) mass is 223 g/mol. The van der Waals surface area contributed by atoms with Crippen LogP contribution in [0, 0.1) is 5.92 Å². The molecule has 1 fully saturated rings. The first-order valence-corrected chi connectivity index (χ1v) is 5.85. The molecule has 0 aromatic carbocycles. The quantitative estimate of drug-likeness (QED) is 0.796. The number of nitrogens with one attached hydrogen (secondary N) is 1. The van der Waals surface area contributed by atoms with Crippen LogP contribution in [-0.2, 0) is 6.42 Å². The highest BCUT2D eigenvalue weighted by Crippen LogP contribution is 2.44. The van der Waals surface area contributed by atoms with Gasteiger partial charge in [0, 0.05) is 11.1 Å². The normalized spacial score (nSPS) is 29.5. The molecule has 15 heavy (non-hydrogen) atoms. The Morgan fingerprint density at radius 1 is 1.47 bits per heavy atom. The highest BCUT2D eigenvalue weighted by Gasteiger charge is 2.42. The van der Waals surface area contributed by atoms with Crippen molar-refractivity contribution in [2.45, 2.75) is 38.1 Å². The lowest BCUT2D eigenvalue weighted by atomic mass is 9.70. The van der Waals surface area contributed by atoms with Crippen LogP contribution in [-0.4, -0.2) is 15.7 Å². The van der Waals surface area contributed by atoms with E-state index in [1.807, 2.05) is 6.07 Å². The zero-order chi connectivity index (χ0) is 10.5. The molecule has 0 amide bonds. The molecule has 1 atom stereocenters. The summed E-state index contributed by atoms with van der Waals surface area (Å²) in [6.07, 6.45) is 5.06. The van der Waals surface area contributed by atoms with Crippen molar-refractivity contribution < 1.29 is 0 Å². The Morgan fingerprint density at radius 3 is 2.93 bits per heavy atom. The number of hydrogen-bond acceptors (Lipinski definition) is 3. The zero-order valence-corrected chi connectivity index (χ0v) is 9.51. The lowest BCUT2D eigenvalue weighted by Crippen LogP contribution is -2.44. The number of aromatic nitrogens is 2. The van der Waals surface area contributed by atoms with Crippen LogP contribution in [0.3, 0.4) is 0 Å². The van der Waals surface area contributed by atoms with E-state index in [0.717, 1.165) is 18.2 Å². The molecule has 0 radical (unpaired) electrons. The fourth-order valence-corrected chi connectivity index (χ4v) is 2.81. The summed E-state index contributed by atoms with van der Waals surface area (Å²) in [5, 5.41) is 12.0. The standard InChI is InChI=1S/C11H14ClN3/c1-11(8-3-2-4-8)6-7-5-9(12)14-15-10(7)13-11/h5,8H,2-4,6H2,1H3,(H,13,15). The van der Waals surface area contributed by atoms with Crippen LogP contribution >= 0.6 is 11.6 Å². The average Bonchev–Trinajstić information content (AvgIpc) is 2.37. The summed E-state index contributed by atoms with van der Waals surface area (Å²) < 4.78 is 0. The molecule has 0 bridgehead atoms. The molecule has 1 aromatic heterocycles. The fraction of sp³-hybridized carbons (Fsp3) is 0.636. The molecule has 1 aliphatic carbocycles. The molecule has 1 aliphatic heterocycles. The summed E-state index contributed by atoms with van der Waals surface area (Å²) in [5.41, 5.74) is 1.39. The minimum atomic E-state index is 0.181. The Balaban J connectivity index is 1.90. The molecule has 4 heteroatoms. The first kappa shape index (κ1) is 9.40. The van der Waals surface area contributed by atoms with Crippen molar-refractivity contribution in [3.05, 3.63) is 16.8 Å². The van der Waals surface area contributed by atoms with Gasteiger partial charge in [-0.15, -0.1) is 10.2 Å². The van der Waals surface area contributed by atoms with Gasteiger partial charge >= 0.3 is 0 Å². The van der Waals surface area contributed by atoms with Gasteiger partial charge in [-0.2, -0.15) is 0 Å². The van der Waals surface area contributed by atoms with Crippen LogP contribution in [0.2, 0.25) is 5.15 Å². The lowest BCUT2D eigenvalue weighted by Gasteiger charge is -2.40. The molecular formula is C11H14ClN3. The van der Waals surface area contributed by atoms with Crippen LogP contribution in [0.1, 0.15) is 31.7 Å². The molecule has 1 saturated carbocycles. The van der Waals surface area contributed by atoms with Crippen molar-refractivity contribution in [2.24, 2.45) is 5.92 Å². The Morgan fingerprint density at radius 2 is 2.27 bits per heavy atom. The van der Waals surface area contributed by atoms with Gasteiger partial charge in [0.2, 0.25) is 0 Å². The first-order valence-electron chi connectivity index (χ1n) is 5.48. The number of anilines is 1. The second-order valence-corrected chi connectivity index (χ2v) is 5.28. The van der Waals surface area contributed by atoms with Gasteiger partial charge in [0.05, 0.1) is 0 Å². The van der Waals surface area contributed by atoms with Crippen molar-refractivity contribution >= 4 is 17.4 Å². The molecule has 1 aromatic rings. The van der Waals surface area contributed by atoms with Gasteiger partial charge in [0.1, 0.15) is 0 Å². The molecule has 1 N–H and O–H groups in total. The molecule has 2 heterocycles. The summed E-state index contributed by atoms with van der Waals surface area (Å²) in [5.74, 6) is 1.71. The third-order valence-electron chi connectivity index (χ3n) is 3.81. The van der Waals surface area contributed by atoms with Crippen LogP contribution in [0.25, 0.3) is 0 Å².